The minimum absolute atomic E-state index is 0.109. The Morgan fingerprint density at radius 2 is 2.44 bits per heavy atom. The monoisotopic (exact) mass is 242 g/mol. The van der Waals surface area contributed by atoms with Crippen molar-refractivity contribution in [3.05, 3.63) is 10.5 Å². The second kappa shape index (κ2) is 5.05. The standard InChI is InChI=1S/C10H18N4OS/c1-7(2)14-9(15)12-13-10(14)16-6-8-3-4-11-5-8/h7-8,11H,3-6H2,1-2H3,(H,12,15). The van der Waals surface area contributed by atoms with Crippen LogP contribution in [-0.2, 0) is 0 Å². The summed E-state index contributed by atoms with van der Waals surface area (Å²) < 4.78 is 1.72. The largest absolute Gasteiger partial charge is 0.344 e. The van der Waals surface area contributed by atoms with Crippen molar-refractivity contribution in [3.63, 3.8) is 0 Å². The summed E-state index contributed by atoms with van der Waals surface area (Å²) in [6, 6.07) is 0.162. The van der Waals surface area contributed by atoms with E-state index in [2.05, 4.69) is 15.5 Å². The zero-order valence-electron chi connectivity index (χ0n) is 9.69. The first-order valence-electron chi connectivity index (χ1n) is 5.69. The van der Waals surface area contributed by atoms with Crippen LogP contribution in [0.1, 0.15) is 26.3 Å². The Balaban J connectivity index is 2.00. The van der Waals surface area contributed by atoms with Crippen LogP contribution in [0.5, 0.6) is 0 Å². The summed E-state index contributed by atoms with van der Waals surface area (Å²) in [6.07, 6.45) is 1.23. The first kappa shape index (κ1) is 11.7. The van der Waals surface area contributed by atoms with Gasteiger partial charge in [-0.3, -0.25) is 4.57 Å². The van der Waals surface area contributed by atoms with Gasteiger partial charge in [-0.2, -0.15) is 0 Å². The highest BCUT2D eigenvalue weighted by Gasteiger charge is 2.17. The Kier molecular flexibility index (Phi) is 3.70. The zero-order chi connectivity index (χ0) is 11.5. The lowest BCUT2D eigenvalue weighted by Crippen LogP contribution is -2.19. The Hall–Kier alpha value is -0.750. The molecule has 6 heteroatoms. The first-order chi connectivity index (χ1) is 7.68. The molecular weight excluding hydrogens is 224 g/mol. The van der Waals surface area contributed by atoms with E-state index in [9.17, 15) is 4.79 Å². The average Bonchev–Trinajstić information content (AvgIpc) is 2.83. The third-order valence-corrected chi connectivity index (χ3v) is 3.98. The molecule has 1 unspecified atom stereocenters. The van der Waals surface area contributed by atoms with Gasteiger partial charge in [-0.1, -0.05) is 11.8 Å². The fourth-order valence-corrected chi connectivity index (χ4v) is 3.11. The maximum atomic E-state index is 11.5. The molecule has 0 aliphatic carbocycles. The van der Waals surface area contributed by atoms with Crippen molar-refractivity contribution in [1.29, 1.82) is 0 Å². The molecule has 16 heavy (non-hydrogen) atoms. The van der Waals surface area contributed by atoms with Crippen molar-refractivity contribution in [2.24, 2.45) is 5.92 Å². The SMILES string of the molecule is CC(C)n1c(SCC2CCNC2)n[nH]c1=O. The molecule has 1 atom stereocenters. The predicted molar refractivity (Wildman–Crippen MR) is 64.9 cm³/mol. The van der Waals surface area contributed by atoms with Gasteiger partial charge in [-0.05, 0) is 39.3 Å². The van der Waals surface area contributed by atoms with E-state index < -0.39 is 0 Å². The fraction of sp³-hybridized carbons (Fsp3) is 0.800. The minimum Gasteiger partial charge on any atom is -0.316 e. The van der Waals surface area contributed by atoms with Crippen molar-refractivity contribution >= 4 is 11.8 Å². The van der Waals surface area contributed by atoms with Crippen molar-refractivity contribution in [2.45, 2.75) is 31.5 Å². The lowest BCUT2D eigenvalue weighted by Gasteiger charge is -2.10. The van der Waals surface area contributed by atoms with Gasteiger partial charge in [0.15, 0.2) is 5.16 Å². The van der Waals surface area contributed by atoms with Crippen molar-refractivity contribution in [2.75, 3.05) is 18.8 Å². The number of nitrogens with one attached hydrogen (secondary N) is 2. The van der Waals surface area contributed by atoms with E-state index in [-0.39, 0.29) is 11.7 Å². The number of hydrogen-bond acceptors (Lipinski definition) is 4. The summed E-state index contributed by atoms with van der Waals surface area (Å²) in [5.41, 5.74) is -0.109. The van der Waals surface area contributed by atoms with Crippen molar-refractivity contribution in [1.82, 2.24) is 20.1 Å². The third kappa shape index (κ3) is 2.49. The molecule has 0 saturated carbocycles. The minimum atomic E-state index is -0.109. The van der Waals surface area contributed by atoms with Gasteiger partial charge in [0, 0.05) is 11.8 Å². The van der Waals surface area contributed by atoms with Gasteiger partial charge in [0.1, 0.15) is 0 Å². The highest BCUT2D eigenvalue weighted by Crippen LogP contribution is 2.22. The Morgan fingerprint density at radius 1 is 1.62 bits per heavy atom. The van der Waals surface area contributed by atoms with Gasteiger partial charge in [0.05, 0.1) is 0 Å². The van der Waals surface area contributed by atoms with Gasteiger partial charge in [-0.25, -0.2) is 9.89 Å². The Bertz CT molecular complexity index is 392. The van der Waals surface area contributed by atoms with E-state index in [0.29, 0.717) is 5.92 Å². The Labute approximate surface area is 99.0 Å². The van der Waals surface area contributed by atoms with Crippen molar-refractivity contribution in [3.8, 4) is 0 Å². The molecule has 5 nitrogen and oxygen atoms in total. The molecule has 0 amide bonds. The van der Waals surface area contributed by atoms with Gasteiger partial charge >= 0.3 is 5.69 Å². The molecule has 1 fully saturated rings. The molecule has 2 rings (SSSR count). The second-order valence-corrected chi connectivity index (χ2v) is 5.43. The molecule has 1 aliphatic rings. The zero-order valence-corrected chi connectivity index (χ0v) is 10.5. The van der Waals surface area contributed by atoms with E-state index in [4.69, 9.17) is 0 Å². The van der Waals surface area contributed by atoms with E-state index in [0.717, 1.165) is 24.0 Å². The fourth-order valence-electron chi connectivity index (χ4n) is 1.90. The number of aromatic amines is 1. The second-order valence-electron chi connectivity index (χ2n) is 4.44. The van der Waals surface area contributed by atoms with Crippen LogP contribution >= 0.6 is 11.8 Å². The molecule has 1 saturated heterocycles. The van der Waals surface area contributed by atoms with Crippen LogP contribution in [0.25, 0.3) is 0 Å². The summed E-state index contributed by atoms with van der Waals surface area (Å²) in [6.45, 7) is 6.20. The van der Waals surface area contributed by atoms with Gasteiger partial charge in [0.25, 0.3) is 0 Å². The molecule has 0 radical (unpaired) electrons. The first-order valence-corrected chi connectivity index (χ1v) is 6.67. The van der Waals surface area contributed by atoms with Crippen LogP contribution in [0, 0.1) is 5.92 Å². The summed E-state index contributed by atoms with van der Waals surface area (Å²) in [5.74, 6) is 1.74. The van der Waals surface area contributed by atoms with Crippen molar-refractivity contribution < 1.29 is 0 Å². The highest BCUT2D eigenvalue weighted by atomic mass is 32.2. The summed E-state index contributed by atoms with van der Waals surface area (Å²) in [4.78, 5) is 11.5. The Morgan fingerprint density at radius 3 is 3.06 bits per heavy atom. The summed E-state index contributed by atoms with van der Waals surface area (Å²) in [5, 5.41) is 10.7. The van der Waals surface area contributed by atoms with E-state index >= 15 is 0 Å². The number of rotatable bonds is 4. The maximum Gasteiger partial charge on any atom is 0.344 e. The summed E-state index contributed by atoms with van der Waals surface area (Å²) >= 11 is 1.67. The molecule has 1 aromatic heterocycles. The predicted octanol–water partition coefficient (Wildman–Crippen LogP) is 0.854. The smallest absolute Gasteiger partial charge is 0.316 e. The molecule has 0 spiro atoms. The van der Waals surface area contributed by atoms with E-state index in [1.54, 1.807) is 16.3 Å². The molecule has 0 bridgehead atoms. The number of thioether (sulfide) groups is 1. The van der Waals surface area contributed by atoms with Crippen LogP contribution in [-0.4, -0.2) is 33.6 Å². The maximum absolute atomic E-state index is 11.5. The number of hydrogen-bond donors (Lipinski definition) is 2. The third-order valence-electron chi connectivity index (χ3n) is 2.80. The molecule has 2 N–H and O–H groups in total. The molecule has 2 heterocycles. The van der Waals surface area contributed by atoms with Crippen LogP contribution in [0.15, 0.2) is 9.95 Å². The lowest BCUT2D eigenvalue weighted by atomic mass is 10.2. The van der Waals surface area contributed by atoms with Gasteiger partial charge in [0.2, 0.25) is 0 Å². The average molecular weight is 242 g/mol. The van der Waals surface area contributed by atoms with E-state index in [1.807, 2.05) is 13.8 Å². The number of H-pyrrole nitrogens is 1. The van der Waals surface area contributed by atoms with Crippen LogP contribution in [0.3, 0.4) is 0 Å². The highest BCUT2D eigenvalue weighted by molar-refractivity contribution is 7.99. The van der Waals surface area contributed by atoms with Gasteiger partial charge in [-0.15, -0.1) is 5.10 Å². The normalized spacial score (nSPS) is 20.8. The van der Waals surface area contributed by atoms with E-state index in [1.165, 1.54) is 6.42 Å². The van der Waals surface area contributed by atoms with Crippen LogP contribution < -0.4 is 11.0 Å². The van der Waals surface area contributed by atoms with Crippen LogP contribution in [0.2, 0.25) is 0 Å². The molecule has 1 aromatic rings. The molecule has 90 valence electrons. The lowest BCUT2D eigenvalue weighted by molar-refractivity contribution is 0.533. The molecular formula is C10H18N4OS. The molecule has 1 aliphatic heterocycles. The van der Waals surface area contributed by atoms with Crippen LogP contribution in [0.4, 0.5) is 0 Å². The summed E-state index contributed by atoms with van der Waals surface area (Å²) in [7, 11) is 0. The quantitative estimate of drug-likeness (QED) is 0.769. The molecule has 0 aromatic carbocycles. The number of aromatic nitrogens is 3. The van der Waals surface area contributed by atoms with Gasteiger partial charge < -0.3 is 5.32 Å². The topological polar surface area (TPSA) is 62.7 Å². The number of nitrogens with zero attached hydrogens (tertiary/aromatic N) is 2.